The lowest BCUT2D eigenvalue weighted by Gasteiger charge is -2.29. The lowest BCUT2D eigenvalue weighted by atomic mass is 10.1. The van der Waals surface area contributed by atoms with Crippen LogP contribution in [-0.2, 0) is 9.53 Å². The summed E-state index contributed by atoms with van der Waals surface area (Å²) in [5.41, 5.74) is 7.69. The Hall–Kier alpha value is -1.39. The van der Waals surface area contributed by atoms with E-state index in [9.17, 15) is 4.79 Å². The molecule has 0 aromatic heterocycles. The average Bonchev–Trinajstić information content (AvgIpc) is 2.48. The SMILES string of the molecule is Cc1cccc(N(CCCN)C(=O)C2CCCCO2)c1. The van der Waals surface area contributed by atoms with Gasteiger partial charge in [-0.3, -0.25) is 4.79 Å². The fraction of sp³-hybridized carbons (Fsp3) is 0.562. The highest BCUT2D eigenvalue weighted by atomic mass is 16.5. The molecular weight excluding hydrogens is 252 g/mol. The number of amides is 1. The Morgan fingerprint density at radius 1 is 1.45 bits per heavy atom. The Labute approximate surface area is 120 Å². The zero-order chi connectivity index (χ0) is 14.4. The molecular formula is C16H24N2O2. The zero-order valence-corrected chi connectivity index (χ0v) is 12.2. The van der Waals surface area contributed by atoms with Crippen molar-refractivity contribution in [2.45, 2.75) is 38.7 Å². The van der Waals surface area contributed by atoms with Crippen LogP contribution in [0.25, 0.3) is 0 Å². The van der Waals surface area contributed by atoms with Crippen LogP contribution >= 0.6 is 0 Å². The third kappa shape index (κ3) is 3.81. The molecule has 1 aliphatic heterocycles. The van der Waals surface area contributed by atoms with Crippen LogP contribution in [0.3, 0.4) is 0 Å². The maximum atomic E-state index is 12.7. The number of aryl methyl sites for hydroxylation is 1. The number of nitrogens with zero attached hydrogens (tertiary/aromatic N) is 1. The first-order valence-electron chi connectivity index (χ1n) is 7.42. The zero-order valence-electron chi connectivity index (χ0n) is 12.2. The van der Waals surface area contributed by atoms with E-state index in [2.05, 4.69) is 0 Å². The molecule has 0 aliphatic carbocycles. The summed E-state index contributed by atoms with van der Waals surface area (Å²) in [5, 5.41) is 0. The molecule has 1 fully saturated rings. The first kappa shape index (κ1) is 15.0. The van der Waals surface area contributed by atoms with Crippen molar-refractivity contribution < 1.29 is 9.53 Å². The molecule has 110 valence electrons. The fourth-order valence-corrected chi connectivity index (χ4v) is 2.52. The normalized spacial score (nSPS) is 18.8. The second-order valence-corrected chi connectivity index (χ2v) is 5.33. The Balaban J connectivity index is 2.15. The number of rotatable bonds is 5. The highest BCUT2D eigenvalue weighted by Gasteiger charge is 2.27. The lowest BCUT2D eigenvalue weighted by molar-refractivity contribution is -0.132. The van der Waals surface area contributed by atoms with Crippen molar-refractivity contribution in [3.05, 3.63) is 29.8 Å². The Morgan fingerprint density at radius 2 is 2.30 bits per heavy atom. The second kappa shape index (κ2) is 7.41. The van der Waals surface area contributed by atoms with Gasteiger partial charge >= 0.3 is 0 Å². The molecule has 1 aliphatic rings. The largest absolute Gasteiger partial charge is 0.368 e. The van der Waals surface area contributed by atoms with E-state index in [1.165, 1.54) is 0 Å². The molecule has 1 unspecified atom stereocenters. The van der Waals surface area contributed by atoms with Gasteiger partial charge in [-0.15, -0.1) is 0 Å². The molecule has 0 bridgehead atoms. The van der Waals surface area contributed by atoms with Gasteiger partial charge in [-0.1, -0.05) is 12.1 Å². The molecule has 1 saturated heterocycles. The predicted octanol–water partition coefficient (Wildman–Crippen LogP) is 2.25. The number of hydrogen-bond donors (Lipinski definition) is 1. The summed E-state index contributed by atoms with van der Waals surface area (Å²) < 4.78 is 5.63. The molecule has 0 spiro atoms. The molecule has 1 aromatic rings. The molecule has 20 heavy (non-hydrogen) atoms. The monoisotopic (exact) mass is 276 g/mol. The van der Waals surface area contributed by atoms with Crippen molar-refractivity contribution in [1.29, 1.82) is 0 Å². The minimum Gasteiger partial charge on any atom is -0.368 e. The Bertz CT molecular complexity index is 442. The number of hydrogen-bond acceptors (Lipinski definition) is 3. The van der Waals surface area contributed by atoms with Gasteiger partial charge < -0.3 is 15.4 Å². The van der Waals surface area contributed by atoms with Gasteiger partial charge in [-0.2, -0.15) is 0 Å². The molecule has 2 N–H and O–H groups in total. The van der Waals surface area contributed by atoms with E-state index >= 15 is 0 Å². The van der Waals surface area contributed by atoms with E-state index in [4.69, 9.17) is 10.5 Å². The summed E-state index contributed by atoms with van der Waals surface area (Å²) in [6, 6.07) is 8.03. The van der Waals surface area contributed by atoms with Crippen molar-refractivity contribution >= 4 is 11.6 Å². The summed E-state index contributed by atoms with van der Waals surface area (Å²) in [4.78, 5) is 14.5. The molecule has 4 heteroatoms. The van der Waals surface area contributed by atoms with E-state index in [-0.39, 0.29) is 12.0 Å². The van der Waals surface area contributed by atoms with Crippen LogP contribution in [0.15, 0.2) is 24.3 Å². The second-order valence-electron chi connectivity index (χ2n) is 5.33. The maximum absolute atomic E-state index is 12.7. The first-order valence-corrected chi connectivity index (χ1v) is 7.42. The van der Waals surface area contributed by atoms with Crippen LogP contribution < -0.4 is 10.6 Å². The topological polar surface area (TPSA) is 55.6 Å². The summed E-state index contributed by atoms with van der Waals surface area (Å²) in [6.07, 6.45) is 3.45. The van der Waals surface area contributed by atoms with Crippen molar-refractivity contribution in [3.63, 3.8) is 0 Å². The van der Waals surface area contributed by atoms with Crippen LogP contribution in [0, 0.1) is 6.92 Å². The minimum atomic E-state index is -0.290. The van der Waals surface area contributed by atoms with Gasteiger partial charge in [0.1, 0.15) is 6.10 Å². The molecule has 0 saturated carbocycles. The maximum Gasteiger partial charge on any atom is 0.256 e. The Kier molecular flexibility index (Phi) is 5.56. The van der Waals surface area contributed by atoms with Crippen molar-refractivity contribution in [2.75, 3.05) is 24.6 Å². The van der Waals surface area contributed by atoms with E-state index in [1.54, 1.807) is 0 Å². The number of ether oxygens (including phenoxy) is 1. The van der Waals surface area contributed by atoms with Gasteiger partial charge in [-0.05, 0) is 56.8 Å². The summed E-state index contributed by atoms with van der Waals surface area (Å²) >= 11 is 0. The number of anilines is 1. The average molecular weight is 276 g/mol. The number of benzene rings is 1. The van der Waals surface area contributed by atoms with E-state index < -0.39 is 0 Å². The third-order valence-corrected chi connectivity index (χ3v) is 3.62. The number of carbonyl (C=O) groups is 1. The fourth-order valence-electron chi connectivity index (χ4n) is 2.52. The van der Waals surface area contributed by atoms with E-state index in [0.717, 1.165) is 36.9 Å². The van der Waals surface area contributed by atoms with Gasteiger partial charge in [0.2, 0.25) is 0 Å². The van der Waals surface area contributed by atoms with Crippen LogP contribution in [0.4, 0.5) is 5.69 Å². The van der Waals surface area contributed by atoms with Crippen LogP contribution in [-0.4, -0.2) is 31.7 Å². The minimum absolute atomic E-state index is 0.0729. The lowest BCUT2D eigenvalue weighted by Crippen LogP contribution is -2.43. The van der Waals surface area contributed by atoms with Crippen molar-refractivity contribution in [2.24, 2.45) is 5.73 Å². The standard InChI is InChI=1S/C16H24N2O2/c1-13-6-4-7-14(12-13)18(10-5-9-17)16(19)15-8-2-3-11-20-15/h4,6-7,12,15H,2-3,5,8-11,17H2,1H3. The summed E-state index contributed by atoms with van der Waals surface area (Å²) in [5.74, 6) is 0.0729. The van der Waals surface area contributed by atoms with Crippen molar-refractivity contribution in [1.82, 2.24) is 0 Å². The van der Waals surface area contributed by atoms with Crippen LogP contribution in [0.5, 0.6) is 0 Å². The molecule has 1 amide bonds. The molecule has 1 aromatic carbocycles. The predicted molar refractivity (Wildman–Crippen MR) is 80.8 cm³/mol. The molecule has 4 nitrogen and oxygen atoms in total. The van der Waals surface area contributed by atoms with Gasteiger partial charge in [0.25, 0.3) is 5.91 Å². The van der Waals surface area contributed by atoms with Crippen LogP contribution in [0.2, 0.25) is 0 Å². The van der Waals surface area contributed by atoms with Gasteiger partial charge in [0, 0.05) is 18.8 Å². The molecule has 0 radical (unpaired) electrons. The van der Waals surface area contributed by atoms with Gasteiger partial charge in [0.15, 0.2) is 0 Å². The van der Waals surface area contributed by atoms with Gasteiger partial charge in [0.05, 0.1) is 0 Å². The quantitative estimate of drug-likeness (QED) is 0.897. The molecule has 1 atom stereocenters. The Morgan fingerprint density at radius 3 is 2.95 bits per heavy atom. The molecule has 1 heterocycles. The van der Waals surface area contributed by atoms with Crippen LogP contribution in [0.1, 0.15) is 31.2 Å². The highest BCUT2D eigenvalue weighted by molar-refractivity contribution is 5.96. The van der Waals surface area contributed by atoms with Gasteiger partial charge in [-0.25, -0.2) is 0 Å². The van der Waals surface area contributed by atoms with Crippen molar-refractivity contribution in [3.8, 4) is 0 Å². The summed E-state index contributed by atoms with van der Waals surface area (Å²) in [6.45, 7) is 3.96. The van der Waals surface area contributed by atoms with E-state index in [1.807, 2.05) is 36.1 Å². The molecule has 2 rings (SSSR count). The number of nitrogens with two attached hydrogens (primary N) is 1. The smallest absolute Gasteiger partial charge is 0.256 e. The van der Waals surface area contributed by atoms with E-state index in [0.29, 0.717) is 19.7 Å². The highest BCUT2D eigenvalue weighted by Crippen LogP contribution is 2.21. The number of carbonyl (C=O) groups excluding carboxylic acids is 1. The summed E-state index contributed by atoms with van der Waals surface area (Å²) in [7, 11) is 0. The first-order chi connectivity index (χ1) is 9.72. The third-order valence-electron chi connectivity index (χ3n) is 3.62.